The van der Waals surface area contributed by atoms with Gasteiger partial charge in [0.15, 0.2) is 0 Å². The van der Waals surface area contributed by atoms with Gasteiger partial charge in [0.25, 0.3) is 5.91 Å². The molecule has 0 spiro atoms. The van der Waals surface area contributed by atoms with Crippen LogP contribution in [-0.2, 0) is 11.3 Å². The second kappa shape index (κ2) is 6.74. The van der Waals surface area contributed by atoms with Crippen molar-refractivity contribution < 1.29 is 19.1 Å². The van der Waals surface area contributed by atoms with E-state index in [9.17, 15) is 9.59 Å². The first-order valence-electron chi connectivity index (χ1n) is 7.78. The molecule has 0 aliphatic carbocycles. The van der Waals surface area contributed by atoms with Gasteiger partial charge in [-0.2, -0.15) is 0 Å². The third-order valence-corrected chi connectivity index (χ3v) is 4.03. The average molecular weight is 325 g/mol. The van der Waals surface area contributed by atoms with Gasteiger partial charge >= 0.3 is 5.97 Å². The number of aryl methyl sites for hydroxylation is 1. The highest BCUT2D eigenvalue weighted by Gasteiger charge is 2.25. The van der Waals surface area contributed by atoms with Crippen molar-refractivity contribution in [3.8, 4) is 5.75 Å². The Morgan fingerprint density at radius 2 is 1.96 bits per heavy atom. The number of methoxy groups -OCH3 is 1. The predicted molar refractivity (Wildman–Crippen MR) is 89.2 cm³/mol. The van der Waals surface area contributed by atoms with E-state index in [1.807, 2.05) is 31.2 Å². The van der Waals surface area contributed by atoms with Gasteiger partial charge in [-0.1, -0.05) is 29.8 Å². The van der Waals surface area contributed by atoms with Crippen LogP contribution in [0.25, 0.3) is 0 Å². The van der Waals surface area contributed by atoms with Gasteiger partial charge < -0.3 is 14.4 Å². The number of ether oxygens (including phenoxy) is 2. The third-order valence-electron chi connectivity index (χ3n) is 4.03. The minimum atomic E-state index is -0.472. The number of rotatable bonds is 3. The van der Waals surface area contributed by atoms with E-state index in [0.29, 0.717) is 36.6 Å². The number of esters is 1. The van der Waals surface area contributed by atoms with Gasteiger partial charge in [0, 0.05) is 6.54 Å². The molecular formula is C19H19NO4. The Bertz CT molecular complexity index is 767. The van der Waals surface area contributed by atoms with Crippen LogP contribution in [0.4, 0.5) is 0 Å². The molecule has 1 amide bonds. The molecule has 1 aliphatic rings. The van der Waals surface area contributed by atoms with E-state index < -0.39 is 5.97 Å². The number of amides is 1. The molecular weight excluding hydrogens is 306 g/mol. The number of benzene rings is 2. The largest absolute Gasteiger partial charge is 0.491 e. The lowest BCUT2D eigenvalue weighted by Crippen LogP contribution is -2.31. The van der Waals surface area contributed by atoms with E-state index in [0.717, 1.165) is 5.56 Å². The lowest BCUT2D eigenvalue weighted by Gasteiger charge is -2.20. The smallest absolute Gasteiger partial charge is 0.337 e. The molecule has 2 aromatic rings. The van der Waals surface area contributed by atoms with Crippen LogP contribution in [0.1, 0.15) is 31.8 Å². The number of carbonyl (C=O) groups excluding carboxylic acids is 2. The lowest BCUT2D eigenvalue weighted by atomic mass is 10.1. The molecule has 1 heterocycles. The Morgan fingerprint density at radius 3 is 2.67 bits per heavy atom. The zero-order valence-corrected chi connectivity index (χ0v) is 13.7. The molecule has 0 N–H and O–H groups in total. The first-order valence-corrected chi connectivity index (χ1v) is 7.78. The molecule has 0 bridgehead atoms. The summed E-state index contributed by atoms with van der Waals surface area (Å²) in [5.74, 6) is -0.118. The number of fused-ring (bicyclic) bond motifs is 1. The monoisotopic (exact) mass is 325 g/mol. The van der Waals surface area contributed by atoms with Crippen LogP contribution >= 0.6 is 0 Å². The second-order valence-corrected chi connectivity index (χ2v) is 5.76. The summed E-state index contributed by atoms with van der Waals surface area (Å²) in [5.41, 5.74) is 2.96. The molecule has 0 radical (unpaired) electrons. The molecule has 0 saturated carbocycles. The number of hydrogen-bond acceptors (Lipinski definition) is 4. The van der Waals surface area contributed by atoms with Crippen molar-refractivity contribution in [1.29, 1.82) is 0 Å². The molecule has 0 fully saturated rings. The quantitative estimate of drug-likeness (QED) is 0.814. The van der Waals surface area contributed by atoms with Gasteiger partial charge in [-0.3, -0.25) is 4.79 Å². The van der Waals surface area contributed by atoms with E-state index in [1.165, 1.54) is 18.7 Å². The van der Waals surface area contributed by atoms with Crippen molar-refractivity contribution in [3.63, 3.8) is 0 Å². The molecule has 0 unspecified atom stereocenters. The van der Waals surface area contributed by atoms with Crippen molar-refractivity contribution >= 4 is 11.9 Å². The van der Waals surface area contributed by atoms with E-state index >= 15 is 0 Å². The van der Waals surface area contributed by atoms with Crippen LogP contribution in [0.15, 0.2) is 42.5 Å². The summed E-state index contributed by atoms with van der Waals surface area (Å²) >= 11 is 0. The summed E-state index contributed by atoms with van der Waals surface area (Å²) in [6.45, 7) is 3.45. The van der Waals surface area contributed by atoms with Gasteiger partial charge in [-0.15, -0.1) is 0 Å². The summed E-state index contributed by atoms with van der Waals surface area (Å²) in [7, 11) is 1.32. The standard InChI is InChI=1S/C19H19NO4/c1-13-3-5-14(6-4-13)12-20-9-10-24-17-8-7-15(19(22)23-2)11-16(17)18(20)21/h3-8,11H,9-10,12H2,1-2H3. The van der Waals surface area contributed by atoms with Crippen molar-refractivity contribution in [3.05, 3.63) is 64.7 Å². The molecule has 2 aromatic carbocycles. The fourth-order valence-corrected chi connectivity index (χ4v) is 2.67. The normalized spacial score (nSPS) is 13.8. The minimum absolute atomic E-state index is 0.145. The van der Waals surface area contributed by atoms with Gasteiger partial charge in [0.2, 0.25) is 0 Å². The topological polar surface area (TPSA) is 55.8 Å². The maximum Gasteiger partial charge on any atom is 0.337 e. The Kier molecular flexibility index (Phi) is 4.51. The highest BCUT2D eigenvalue weighted by molar-refractivity contribution is 6.00. The Labute approximate surface area is 140 Å². The van der Waals surface area contributed by atoms with Crippen LogP contribution in [0.2, 0.25) is 0 Å². The zero-order chi connectivity index (χ0) is 17.1. The van der Waals surface area contributed by atoms with Crippen molar-refractivity contribution in [2.24, 2.45) is 0 Å². The molecule has 3 rings (SSSR count). The Hall–Kier alpha value is -2.82. The predicted octanol–water partition coefficient (Wildman–Crippen LogP) is 2.82. The van der Waals surface area contributed by atoms with Gasteiger partial charge in [-0.25, -0.2) is 4.79 Å². The van der Waals surface area contributed by atoms with Gasteiger partial charge in [0.1, 0.15) is 12.4 Å². The van der Waals surface area contributed by atoms with Crippen LogP contribution in [0.5, 0.6) is 5.75 Å². The van der Waals surface area contributed by atoms with Crippen molar-refractivity contribution in [2.45, 2.75) is 13.5 Å². The van der Waals surface area contributed by atoms with E-state index in [-0.39, 0.29) is 5.91 Å². The summed E-state index contributed by atoms with van der Waals surface area (Å²) in [5, 5.41) is 0. The van der Waals surface area contributed by atoms with E-state index in [1.54, 1.807) is 17.0 Å². The minimum Gasteiger partial charge on any atom is -0.491 e. The maximum atomic E-state index is 12.9. The summed E-state index contributed by atoms with van der Waals surface area (Å²) in [6.07, 6.45) is 0. The van der Waals surface area contributed by atoms with E-state index in [4.69, 9.17) is 9.47 Å². The van der Waals surface area contributed by atoms with Crippen LogP contribution in [0, 0.1) is 6.92 Å². The van der Waals surface area contributed by atoms with Crippen LogP contribution in [-0.4, -0.2) is 37.0 Å². The molecule has 0 saturated heterocycles. The highest BCUT2D eigenvalue weighted by atomic mass is 16.5. The number of carbonyl (C=O) groups is 2. The second-order valence-electron chi connectivity index (χ2n) is 5.76. The fourth-order valence-electron chi connectivity index (χ4n) is 2.67. The molecule has 24 heavy (non-hydrogen) atoms. The Balaban J connectivity index is 1.88. The van der Waals surface area contributed by atoms with Crippen molar-refractivity contribution in [2.75, 3.05) is 20.3 Å². The van der Waals surface area contributed by atoms with Crippen LogP contribution in [0.3, 0.4) is 0 Å². The van der Waals surface area contributed by atoms with Gasteiger partial charge in [0.05, 0.1) is 24.8 Å². The highest BCUT2D eigenvalue weighted by Crippen LogP contribution is 2.25. The molecule has 5 nitrogen and oxygen atoms in total. The van der Waals surface area contributed by atoms with E-state index in [2.05, 4.69) is 0 Å². The molecule has 124 valence electrons. The maximum absolute atomic E-state index is 12.9. The Morgan fingerprint density at radius 1 is 1.21 bits per heavy atom. The van der Waals surface area contributed by atoms with Crippen molar-refractivity contribution in [1.82, 2.24) is 4.90 Å². The lowest BCUT2D eigenvalue weighted by molar-refractivity contribution is 0.0600. The molecule has 5 heteroatoms. The SMILES string of the molecule is COC(=O)c1ccc2c(c1)C(=O)N(Cc1ccc(C)cc1)CCO2. The first kappa shape index (κ1) is 16.1. The fraction of sp³-hybridized carbons (Fsp3) is 0.263. The molecule has 0 aromatic heterocycles. The summed E-state index contributed by atoms with van der Waals surface area (Å²) in [4.78, 5) is 26.3. The molecule has 0 atom stereocenters. The number of hydrogen-bond donors (Lipinski definition) is 0. The average Bonchev–Trinajstić information content (AvgIpc) is 2.75. The van der Waals surface area contributed by atoms with Crippen LogP contribution < -0.4 is 4.74 Å². The molecule has 1 aliphatic heterocycles. The first-order chi connectivity index (χ1) is 11.6. The summed E-state index contributed by atoms with van der Waals surface area (Å²) in [6, 6.07) is 12.9. The number of nitrogens with zero attached hydrogens (tertiary/aromatic N) is 1. The zero-order valence-electron chi connectivity index (χ0n) is 13.7. The summed E-state index contributed by atoms with van der Waals surface area (Å²) < 4.78 is 10.4. The third kappa shape index (κ3) is 3.25. The van der Waals surface area contributed by atoms with Gasteiger partial charge in [-0.05, 0) is 30.7 Å².